The summed E-state index contributed by atoms with van der Waals surface area (Å²) < 4.78 is 40.5. The van der Waals surface area contributed by atoms with Gasteiger partial charge in [-0.05, 0) is 76.3 Å². The minimum Gasteiger partial charge on any atom is -0.466 e. The number of aliphatic hydroxyl groups is 2. The third kappa shape index (κ3) is 33.7. The van der Waals surface area contributed by atoms with E-state index in [1.807, 2.05) is 63.7 Å². The van der Waals surface area contributed by atoms with Crippen molar-refractivity contribution in [2.75, 3.05) is 47.5 Å². The summed E-state index contributed by atoms with van der Waals surface area (Å²) in [4.78, 5) is 35.6. The quantitative estimate of drug-likeness (QED) is 0.0144. The molecule has 1 aromatic heterocycles. The van der Waals surface area contributed by atoms with Gasteiger partial charge in [0.05, 0.1) is 40.0 Å². The number of rotatable bonds is 39. The van der Waals surface area contributed by atoms with E-state index in [0.717, 1.165) is 69.3 Å². The molecule has 13 heteroatoms. The maximum Gasteiger partial charge on any atom is 0.472 e. The number of hydrogen-bond donors (Lipinski definition) is 3. The average molecular weight is 933 g/mol. The Kier molecular flexibility index (Phi) is 33.7. The summed E-state index contributed by atoms with van der Waals surface area (Å²) in [5.41, 5.74) is 2.63. The molecule has 3 N–H and O–H groups in total. The number of ether oxygens (including phenoxy) is 2. The predicted octanol–water partition coefficient (Wildman–Crippen LogP) is 11.4. The van der Waals surface area contributed by atoms with Gasteiger partial charge in [0.2, 0.25) is 0 Å². The molecule has 0 aliphatic carbocycles. The number of allylic oxidation sites excluding steroid dienone is 8. The van der Waals surface area contributed by atoms with Crippen molar-refractivity contribution < 1.29 is 56.7 Å². The molecule has 0 aliphatic rings. The molecule has 0 bridgehead atoms. The van der Waals surface area contributed by atoms with Crippen molar-refractivity contribution in [3.05, 3.63) is 95.6 Å². The Hall–Kier alpha value is -3.35. The van der Waals surface area contributed by atoms with Crippen molar-refractivity contribution in [1.29, 1.82) is 0 Å². The smallest absolute Gasteiger partial charge is 0.466 e. The lowest BCUT2D eigenvalue weighted by atomic mass is 10.0. The first kappa shape index (κ1) is 59.7. The summed E-state index contributed by atoms with van der Waals surface area (Å²) in [6.45, 7) is 8.28. The van der Waals surface area contributed by atoms with Gasteiger partial charge in [0, 0.05) is 25.7 Å². The largest absolute Gasteiger partial charge is 0.472 e. The van der Waals surface area contributed by atoms with Gasteiger partial charge in [-0.15, -0.1) is 0 Å². The van der Waals surface area contributed by atoms with E-state index in [1.54, 1.807) is 30.4 Å². The highest BCUT2D eigenvalue weighted by molar-refractivity contribution is 7.47. The van der Waals surface area contributed by atoms with E-state index >= 15 is 0 Å². The van der Waals surface area contributed by atoms with Gasteiger partial charge in [-0.1, -0.05) is 138 Å². The number of phosphoric ester groups is 1. The first-order valence-corrected chi connectivity index (χ1v) is 25.8. The van der Waals surface area contributed by atoms with Gasteiger partial charge in [-0.25, -0.2) is 4.57 Å². The molecule has 0 fully saturated rings. The van der Waals surface area contributed by atoms with Crippen LogP contribution in [-0.2, 0) is 45.5 Å². The van der Waals surface area contributed by atoms with Crippen LogP contribution in [0.15, 0.2) is 77.3 Å². The van der Waals surface area contributed by atoms with Crippen LogP contribution in [0.25, 0.3) is 0 Å². The molecule has 0 aromatic carbocycles. The first-order valence-electron chi connectivity index (χ1n) is 24.3. The van der Waals surface area contributed by atoms with E-state index in [-0.39, 0.29) is 26.1 Å². The van der Waals surface area contributed by atoms with Crippen LogP contribution >= 0.6 is 7.82 Å². The van der Waals surface area contributed by atoms with Gasteiger partial charge < -0.3 is 33.5 Å². The zero-order valence-corrected chi connectivity index (χ0v) is 42.0. The zero-order valence-electron chi connectivity index (χ0n) is 41.1. The maximum absolute atomic E-state index is 12.8. The monoisotopic (exact) mass is 933 g/mol. The van der Waals surface area contributed by atoms with Crippen molar-refractivity contribution in [3.63, 3.8) is 0 Å². The second-order valence-electron chi connectivity index (χ2n) is 17.7. The van der Waals surface area contributed by atoms with E-state index < -0.39 is 44.7 Å². The maximum atomic E-state index is 12.8. The molecule has 1 rings (SSSR count). The fourth-order valence-corrected chi connectivity index (χ4v) is 7.26. The molecular formula is C52H87NO11P+. The lowest BCUT2D eigenvalue weighted by molar-refractivity contribution is -0.870. The lowest BCUT2D eigenvalue weighted by Gasteiger charge is -2.24. The van der Waals surface area contributed by atoms with Crippen LogP contribution < -0.4 is 0 Å². The Balaban J connectivity index is 2.44. The van der Waals surface area contributed by atoms with Crippen LogP contribution in [0.5, 0.6) is 0 Å². The van der Waals surface area contributed by atoms with Crippen molar-refractivity contribution in [1.82, 2.24) is 0 Å². The third-order valence-corrected chi connectivity index (χ3v) is 11.6. The van der Waals surface area contributed by atoms with Gasteiger partial charge in [0.15, 0.2) is 6.10 Å². The van der Waals surface area contributed by atoms with Crippen LogP contribution in [0.1, 0.15) is 152 Å². The predicted molar refractivity (Wildman–Crippen MR) is 262 cm³/mol. The van der Waals surface area contributed by atoms with E-state index in [4.69, 9.17) is 22.9 Å². The number of furan rings is 1. The number of hydrogen-bond acceptors (Lipinski definition) is 10. The van der Waals surface area contributed by atoms with Crippen molar-refractivity contribution in [3.8, 4) is 0 Å². The van der Waals surface area contributed by atoms with Crippen molar-refractivity contribution >= 4 is 19.8 Å². The fourth-order valence-electron chi connectivity index (χ4n) is 6.52. The van der Waals surface area contributed by atoms with Crippen LogP contribution in [0, 0.1) is 13.8 Å². The number of aliphatic hydroxyl groups excluding tert-OH is 2. The summed E-state index contributed by atoms with van der Waals surface area (Å²) in [6, 6.07) is 0. The third-order valence-electron chi connectivity index (χ3n) is 10.6. The summed E-state index contributed by atoms with van der Waals surface area (Å²) >= 11 is 0. The van der Waals surface area contributed by atoms with Crippen LogP contribution in [0.4, 0.5) is 0 Å². The summed E-state index contributed by atoms with van der Waals surface area (Å²) in [6.07, 6.45) is 37.1. The standard InChI is InChI=1S/C52H86NO11P/c1-8-10-24-32-46(54)33-26-19-15-14-16-20-27-34-47(55)35-28-23-31-38-51(56)60-42-48(43-62-65(58,59)61-41-40-53(5,6)7)63-52(57)39-30-22-18-13-12-17-21-29-37-50-45(4)44(3)49(64-50)36-25-11-9-2/h10,15-16,19-20,24,26-28,33-35,46-48,54-55H,8-9,11-14,17-18,21-23,25,29-32,36-43H2,1-7H3/p+1/b19-15-,20-16-,24-10-,33-26+,34-27+,35-28-/t46-,47-,48-/m1/s1. The molecule has 0 amide bonds. The Morgan fingerprint density at radius 1 is 0.692 bits per heavy atom. The normalized spacial score (nSPS) is 15.0. The molecular weight excluding hydrogens is 846 g/mol. The lowest BCUT2D eigenvalue weighted by Crippen LogP contribution is -2.37. The zero-order chi connectivity index (χ0) is 48.2. The highest BCUT2D eigenvalue weighted by Gasteiger charge is 2.27. The highest BCUT2D eigenvalue weighted by atomic mass is 31.2. The summed E-state index contributed by atoms with van der Waals surface area (Å²) in [5.74, 6) is 1.30. The number of quaternary nitrogens is 1. The number of likely N-dealkylation sites (N-methyl/N-ethyl adjacent to an activating group) is 1. The molecule has 4 atom stereocenters. The summed E-state index contributed by atoms with van der Waals surface area (Å²) in [7, 11) is 1.33. The van der Waals surface area contributed by atoms with E-state index in [2.05, 4.69) is 27.7 Å². The molecule has 0 saturated carbocycles. The minimum atomic E-state index is -4.45. The number of carbonyl (C=O) groups excluding carboxylic acids is 2. The second kappa shape index (κ2) is 36.7. The van der Waals surface area contributed by atoms with Gasteiger partial charge in [-0.3, -0.25) is 18.6 Å². The Morgan fingerprint density at radius 2 is 1.29 bits per heavy atom. The highest BCUT2D eigenvalue weighted by Crippen LogP contribution is 2.43. The Morgan fingerprint density at radius 3 is 1.92 bits per heavy atom. The molecule has 1 heterocycles. The molecule has 1 unspecified atom stereocenters. The van der Waals surface area contributed by atoms with E-state index in [9.17, 15) is 29.3 Å². The Labute approximate surface area is 392 Å². The minimum absolute atomic E-state index is 0.0123. The number of aryl methyl sites for hydroxylation is 2. The molecule has 370 valence electrons. The molecule has 1 aromatic rings. The van der Waals surface area contributed by atoms with Crippen LogP contribution in [-0.4, -0.2) is 97.3 Å². The second-order valence-corrected chi connectivity index (χ2v) is 19.2. The molecule has 0 aliphatic heterocycles. The average Bonchev–Trinajstić information content (AvgIpc) is 3.51. The van der Waals surface area contributed by atoms with Gasteiger partial charge in [0.25, 0.3) is 0 Å². The Bertz CT molecular complexity index is 1650. The SMILES string of the molecule is CC/C=C\C[C@@H](O)/C=C/C=C\C/C=C\C=C\[C@@H](O)/C=C\CCCC(=O)OC[C@H](COP(=O)(O)OCC[N+](C)(C)C)OC(=O)CCCCCCCCCCc1oc(CCCCC)c(C)c1C. The molecule has 0 saturated heterocycles. The van der Waals surface area contributed by atoms with Gasteiger partial charge >= 0.3 is 19.8 Å². The molecule has 0 spiro atoms. The van der Waals surface area contributed by atoms with Gasteiger partial charge in [-0.2, -0.15) is 0 Å². The number of esters is 2. The number of nitrogens with zero attached hydrogens (tertiary/aromatic N) is 1. The van der Waals surface area contributed by atoms with E-state index in [0.29, 0.717) is 43.1 Å². The van der Waals surface area contributed by atoms with Crippen molar-refractivity contribution in [2.24, 2.45) is 0 Å². The topological polar surface area (TPSA) is 162 Å². The molecule has 0 radical (unpaired) electrons. The number of carbonyl (C=O) groups is 2. The number of unbranched alkanes of at least 4 members (excludes halogenated alkanes) is 10. The van der Waals surface area contributed by atoms with Crippen LogP contribution in [0.2, 0.25) is 0 Å². The first-order chi connectivity index (χ1) is 31.1. The van der Waals surface area contributed by atoms with E-state index in [1.165, 1.54) is 36.8 Å². The summed E-state index contributed by atoms with van der Waals surface area (Å²) in [5, 5.41) is 20.1. The fraction of sp³-hybridized carbons (Fsp3) is 0.654. The number of phosphoric acid groups is 1. The molecule has 65 heavy (non-hydrogen) atoms. The van der Waals surface area contributed by atoms with Crippen molar-refractivity contribution in [2.45, 2.75) is 174 Å². The van der Waals surface area contributed by atoms with Gasteiger partial charge in [0.1, 0.15) is 31.3 Å². The molecule has 12 nitrogen and oxygen atoms in total. The van der Waals surface area contributed by atoms with Crippen LogP contribution in [0.3, 0.4) is 0 Å².